The summed E-state index contributed by atoms with van der Waals surface area (Å²) in [5, 5.41) is 2.92. The van der Waals surface area contributed by atoms with Crippen LogP contribution in [0.1, 0.15) is 42.4 Å². The number of para-hydroxylation sites is 1. The van der Waals surface area contributed by atoms with Gasteiger partial charge in [-0.3, -0.25) is 9.59 Å². The van der Waals surface area contributed by atoms with E-state index >= 15 is 0 Å². The standard InChI is InChI=1S/C23H27FN2O2/c1-16-8-6-9-17(2)21(16)25-20(27)15-26(3)22(28)23(12-4-5-13-23)18-10-7-11-19(24)14-18/h6-11,14H,4-5,12-13,15H2,1-3H3,(H,25,27). The number of nitrogens with one attached hydrogen (secondary N) is 1. The van der Waals surface area contributed by atoms with Crippen LogP contribution in [-0.4, -0.2) is 30.3 Å². The summed E-state index contributed by atoms with van der Waals surface area (Å²) in [5.41, 5.74) is 2.71. The average Bonchev–Trinajstić information content (AvgIpc) is 3.15. The molecule has 1 N–H and O–H groups in total. The summed E-state index contributed by atoms with van der Waals surface area (Å²) in [5.74, 6) is -0.695. The fourth-order valence-corrected chi connectivity index (χ4v) is 4.23. The molecule has 5 heteroatoms. The van der Waals surface area contributed by atoms with Gasteiger partial charge in [-0.15, -0.1) is 0 Å². The first-order valence-corrected chi connectivity index (χ1v) is 9.71. The highest BCUT2D eigenvalue weighted by Gasteiger charge is 2.44. The molecule has 0 spiro atoms. The van der Waals surface area contributed by atoms with Gasteiger partial charge in [0.1, 0.15) is 5.82 Å². The smallest absolute Gasteiger partial charge is 0.243 e. The normalized spacial score (nSPS) is 15.3. The largest absolute Gasteiger partial charge is 0.336 e. The maximum Gasteiger partial charge on any atom is 0.243 e. The summed E-state index contributed by atoms with van der Waals surface area (Å²) in [6.45, 7) is 3.84. The first kappa shape index (κ1) is 20.1. The Morgan fingerprint density at radius 2 is 1.68 bits per heavy atom. The Bertz CT molecular complexity index is 868. The van der Waals surface area contributed by atoms with Gasteiger partial charge in [0.2, 0.25) is 11.8 Å². The number of aryl methyl sites for hydroxylation is 2. The number of benzene rings is 2. The SMILES string of the molecule is Cc1cccc(C)c1NC(=O)CN(C)C(=O)C1(c2cccc(F)c2)CCCC1. The Balaban J connectivity index is 1.76. The van der Waals surface area contributed by atoms with Gasteiger partial charge < -0.3 is 10.2 Å². The van der Waals surface area contributed by atoms with Gasteiger partial charge >= 0.3 is 0 Å². The molecule has 0 heterocycles. The predicted octanol–water partition coefficient (Wildman–Crippen LogP) is 4.35. The van der Waals surface area contributed by atoms with Crippen LogP contribution in [0.4, 0.5) is 10.1 Å². The van der Waals surface area contributed by atoms with Crippen LogP contribution >= 0.6 is 0 Å². The number of hydrogen-bond donors (Lipinski definition) is 1. The van der Waals surface area contributed by atoms with Gasteiger partial charge in [0.05, 0.1) is 12.0 Å². The van der Waals surface area contributed by atoms with E-state index in [1.165, 1.54) is 17.0 Å². The Hall–Kier alpha value is -2.69. The molecule has 0 aromatic heterocycles. The second-order valence-electron chi connectivity index (χ2n) is 7.78. The van der Waals surface area contributed by atoms with E-state index in [9.17, 15) is 14.0 Å². The number of hydrogen-bond acceptors (Lipinski definition) is 2. The molecule has 2 amide bonds. The molecule has 1 saturated carbocycles. The topological polar surface area (TPSA) is 49.4 Å². The van der Waals surface area contributed by atoms with Gasteiger partial charge in [-0.25, -0.2) is 4.39 Å². The zero-order valence-electron chi connectivity index (χ0n) is 16.7. The van der Waals surface area contributed by atoms with Crippen molar-refractivity contribution in [1.29, 1.82) is 0 Å². The Kier molecular flexibility index (Phi) is 5.82. The number of carbonyl (C=O) groups is 2. The number of anilines is 1. The molecule has 0 unspecified atom stereocenters. The van der Waals surface area contributed by atoms with Gasteiger partial charge in [0.15, 0.2) is 0 Å². The molecule has 0 bridgehead atoms. The lowest BCUT2D eigenvalue weighted by atomic mass is 9.77. The first-order chi connectivity index (χ1) is 13.3. The lowest BCUT2D eigenvalue weighted by Gasteiger charge is -2.32. The van der Waals surface area contributed by atoms with E-state index in [-0.39, 0.29) is 24.2 Å². The average molecular weight is 382 g/mol. The Morgan fingerprint density at radius 3 is 2.29 bits per heavy atom. The summed E-state index contributed by atoms with van der Waals surface area (Å²) < 4.78 is 13.8. The van der Waals surface area contributed by atoms with E-state index in [4.69, 9.17) is 0 Å². The van der Waals surface area contributed by atoms with E-state index in [0.717, 1.165) is 29.7 Å². The number of carbonyl (C=O) groups excluding carboxylic acids is 2. The van der Waals surface area contributed by atoms with Crippen molar-refractivity contribution in [3.05, 3.63) is 65.0 Å². The van der Waals surface area contributed by atoms with Gasteiger partial charge in [0, 0.05) is 12.7 Å². The molecule has 2 aromatic rings. The minimum absolute atomic E-state index is 0.0380. The monoisotopic (exact) mass is 382 g/mol. The van der Waals surface area contributed by atoms with Crippen molar-refractivity contribution in [2.75, 3.05) is 18.9 Å². The lowest BCUT2D eigenvalue weighted by Crippen LogP contribution is -2.46. The summed E-state index contributed by atoms with van der Waals surface area (Å²) in [6, 6.07) is 12.1. The maximum absolute atomic E-state index is 13.8. The number of halogens is 1. The first-order valence-electron chi connectivity index (χ1n) is 9.71. The van der Waals surface area contributed by atoms with Crippen molar-refractivity contribution < 1.29 is 14.0 Å². The summed E-state index contributed by atoms with van der Waals surface area (Å²) in [4.78, 5) is 27.4. The molecule has 0 saturated heterocycles. The molecular weight excluding hydrogens is 355 g/mol. The molecule has 1 aliphatic carbocycles. The number of nitrogens with zero attached hydrogens (tertiary/aromatic N) is 1. The van der Waals surface area contributed by atoms with Crippen LogP contribution < -0.4 is 5.32 Å². The zero-order chi connectivity index (χ0) is 20.3. The summed E-state index contributed by atoms with van der Waals surface area (Å²) >= 11 is 0. The molecule has 28 heavy (non-hydrogen) atoms. The van der Waals surface area contributed by atoms with E-state index in [1.807, 2.05) is 38.1 Å². The van der Waals surface area contributed by atoms with Crippen molar-refractivity contribution >= 4 is 17.5 Å². The van der Waals surface area contributed by atoms with Crippen molar-refractivity contribution in [2.45, 2.75) is 44.9 Å². The van der Waals surface area contributed by atoms with E-state index in [2.05, 4.69) is 5.32 Å². The van der Waals surface area contributed by atoms with Crippen LogP contribution in [0.5, 0.6) is 0 Å². The minimum atomic E-state index is -0.740. The van der Waals surface area contributed by atoms with Gasteiger partial charge in [0.25, 0.3) is 0 Å². The van der Waals surface area contributed by atoms with Gasteiger partial charge in [-0.05, 0) is 55.5 Å². The third-order valence-corrected chi connectivity index (χ3v) is 5.72. The molecule has 4 nitrogen and oxygen atoms in total. The van der Waals surface area contributed by atoms with Crippen molar-refractivity contribution in [2.24, 2.45) is 0 Å². The van der Waals surface area contributed by atoms with E-state index in [0.29, 0.717) is 18.4 Å². The van der Waals surface area contributed by atoms with Crippen molar-refractivity contribution in [3.63, 3.8) is 0 Å². The van der Waals surface area contributed by atoms with Crippen LogP contribution in [-0.2, 0) is 15.0 Å². The molecule has 148 valence electrons. The van der Waals surface area contributed by atoms with Gasteiger partial charge in [-0.2, -0.15) is 0 Å². The predicted molar refractivity (Wildman–Crippen MR) is 109 cm³/mol. The van der Waals surface area contributed by atoms with Crippen molar-refractivity contribution in [1.82, 2.24) is 4.90 Å². The number of rotatable bonds is 5. The zero-order valence-corrected chi connectivity index (χ0v) is 16.7. The molecule has 0 radical (unpaired) electrons. The van der Waals surface area contributed by atoms with Crippen LogP contribution in [0.15, 0.2) is 42.5 Å². The third-order valence-electron chi connectivity index (χ3n) is 5.72. The number of likely N-dealkylation sites (N-methyl/N-ethyl adjacent to an activating group) is 1. The Morgan fingerprint density at radius 1 is 1.07 bits per heavy atom. The van der Waals surface area contributed by atoms with Crippen LogP contribution in [0, 0.1) is 19.7 Å². The lowest BCUT2D eigenvalue weighted by molar-refractivity contribution is -0.138. The summed E-state index contributed by atoms with van der Waals surface area (Å²) in [6.07, 6.45) is 3.20. The second-order valence-corrected chi connectivity index (χ2v) is 7.78. The molecule has 0 aliphatic heterocycles. The molecule has 1 aliphatic rings. The second kappa shape index (κ2) is 8.13. The quantitative estimate of drug-likeness (QED) is 0.836. The highest BCUT2D eigenvalue weighted by molar-refractivity contribution is 5.97. The third kappa shape index (κ3) is 3.93. The molecule has 0 atom stereocenters. The molecular formula is C23H27FN2O2. The summed E-state index contributed by atoms with van der Waals surface area (Å²) in [7, 11) is 1.64. The molecule has 2 aromatic carbocycles. The highest BCUT2D eigenvalue weighted by Crippen LogP contribution is 2.42. The Labute approximate surface area is 165 Å². The van der Waals surface area contributed by atoms with E-state index < -0.39 is 5.41 Å². The van der Waals surface area contributed by atoms with Gasteiger partial charge in [-0.1, -0.05) is 43.2 Å². The fourth-order valence-electron chi connectivity index (χ4n) is 4.23. The van der Waals surface area contributed by atoms with Crippen LogP contribution in [0.3, 0.4) is 0 Å². The minimum Gasteiger partial charge on any atom is -0.336 e. The fraction of sp³-hybridized carbons (Fsp3) is 0.391. The van der Waals surface area contributed by atoms with E-state index in [1.54, 1.807) is 13.1 Å². The number of amides is 2. The highest BCUT2D eigenvalue weighted by atomic mass is 19.1. The van der Waals surface area contributed by atoms with Crippen molar-refractivity contribution in [3.8, 4) is 0 Å². The molecule has 1 fully saturated rings. The van der Waals surface area contributed by atoms with Crippen LogP contribution in [0.25, 0.3) is 0 Å². The van der Waals surface area contributed by atoms with Crippen LogP contribution in [0.2, 0.25) is 0 Å². The molecule has 3 rings (SSSR count). The maximum atomic E-state index is 13.8.